The van der Waals surface area contributed by atoms with Gasteiger partial charge in [0, 0.05) is 66.2 Å². The predicted octanol–water partition coefficient (Wildman–Crippen LogP) is 4.73. The summed E-state index contributed by atoms with van der Waals surface area (Å²) in [6.45, 7) is 3.49. The van der Waals surface area contributed by atoms with E-state index in [1.807, 2.05) is 18.2 Å². The number of likely N-dealkylation sites (tertiary alicyclic amines) is 1. The number of nitrogens with zero attached hydrogens (tertiary/aromatic N) is 2. The van der Waals surface area contributed by atoms with Crippen LogP contribution in [0.25, 0.3) is 10.9 Å². The van der Waals surface area contributed by atoms with Gasteiger partial charge in [0.2, 0.25) is 5.91 Å². The second-order valence-corrected chi connectivity index (χ2v) is 13.0. The summed E-state index contributed by atoms with van der Waals surface area (Å²) >= 11 is 6.21. The van der Waals surface area contributed by atoms with Crippen molar-refractivity contribution in [2.45, 2.75) is 62.4 Å². The maximum Gasteiger partial charge on any atom is 0.251 e. The summed E-state index contributed by atoms with van der Waals surface area (Å²) in [7, 11) is 3.50. The molecule has 9 heteroatoms. The van der Waals surface area contributed by atoms with E-state index in [2.05, 4.69) is 32.7 Å². The third-order valence-corrected chi connectivity index (χ3v) is 9.82. The molecule has 3 amide bonds. The van der Waals surface area contributed by atoms with Gasteiger partial charge < -0.3 is 25.4 Å². The van der Waals surface area contributed by atoms with Crippen molar-refractivity contribution in [1.29, 1.82) is 0 Å². The number of carbonyl (C=O) groups is 3. The molecule has 2 saturated carbocycles. The number of halogens is 1. The fourth-order valence-electron chi connectivity index (χ4n) is 6.86. The molecule has 3 N–H and O–H groups in total. The van der Waals surface area contributed by atoms with Crippen LogP contribution in [-0.4, -0.2) is 78.3 Å². The van der Waals surface area contributed by atoms with Gasteiger partial charge in [0.15, 0.2) is 0 Å². The number of aromatic amines is 1. The van der Waals surface area contributed by atoms with Crippen molar-refractivity contribution in [3.05, 3.63) is 70.4 Å². The molecule has 3 fully saturated rings. The van der Waals surface area contributed by atoms with Gasteiger partial charge in [0.25, 0.3) is 11.8 Å². The van der Waals surface area contributed by atoms with Crippen LogP contribution in [0.1, 0.15) is 71.2 Å². The third kappa shape index (κ3) is 5.92. The molecule has 2 aliphatic carbocycles. The molecule has 3 atom stereocenters. The minimum atomic E-state index is -0.388. The SMILES string of the molecule is CN(C)C(=O)C1CCC(NC(=O)c2ccc(C3(CN4CCCC4)CC3)cc2)C(NC(=O)c2ccc3c(Cl)c[nH]c3c2)C1. The lowest BCUT2D eigenvalue weighted by atomic mass is 9.81. The maximum atomic E-state index is 13.4. The number of hydrogen-bond acceptors (Lipinski definition) is 4. The van der Waals surface area contributed by atoms with Crippen molar-refractivity contribution in [2.75, 3.05) is 33.7 Å². The molecule has 1 aromatic heterocycles. The van der Waals surface area contributed by atoms with Crippen LogP contribution in [0, 0.1) is 5.92 Å². The summed E-state index contributed by atoms with van der Waals surface area (Å²) in [6.07, 6.45) is 8.40. The van der Waals surface area contributed by atoms with Gasteiger partial charge in [-0.1, -0.05) is 29.8 Å². The molecular weight excluding hydrogens is 550 g/mol. The van der Waals surface area contributed by atoms with E-state index in [0.29, 0.717) is 35.4 Å². The Kier molecular flexibility index (Phi) is 8.03. The zero-order chi connectivity index (χ0) is 29.4. The fourth-order valence-corrected chi connectivity index (χ4v) is 7.08. The molecule has 8 nitrogen and oxygen atoms in total. The zero-order valence-electron chi connectivity index (χ0n) is 24.4. The number of amides is 3. The number of rotatable bonds is 8. The molecule has 1 aliphatic heterocycles. The van der Waals surface area contributed by atoms with E-state index < -0.39 is 0 Å². The van der Waals surface area contributed by atoms with Crippen molar-refractivity contribution < 1.29 is 14.4 Å². The molecule has 42 heavy (non-hydrogen) atoms. The van der Waals surface area contributed by atoms with Crippen LogP contribution in [0.3, 0.4) is 0 Å². The van der Waals surface area contributed by atoms with E-state index in [-0.39, 0.29) is 41.1 Å². The predicted molar refractivity (Wildman–Crippen MR) is 165 cm³/mol. The normalized spacial score (nSPS) is 23.5. The molecule has 0 bridgehead atoms. The molecule has 3 aromatic rings. The van der Waals surface area contributed by atoms with E-state index in [1.54, 1.807) is 37.3 Å². The highest BCUT2D eigenvalue weighted by atomic mass is 35.5. The van der Waals surface area contributed by atoms with E-state index in [9.17, 15) is 14.4 Å². The largest absolute Gasteiger partial charge is 0.360 e. The van der Waals surface area contributed by atoms with Crippen molar-refractivity contribution >= 4 is 40.2 Å². The average molecular weight is 590 g/mol. The second kappa shape index (κ2) is 11.7. The molecular formula is C33H40ClN5O3. The molecule has 2 heterocycles. The lowest BCUT2D eigenvalue weighted by Crippen LogP contribution is -2.55. The van der Waals surface area contributed by atoms with Crippen molar-refractivity contribution in [1.82, 2.24) is 25.4 Å². The molecule has 1 saturated heterocycles. The van der Waals surface area contributed by atoms with Crippen molar-refractivity contribution in [3.8, 4) is 0 Å². The van der Waals surface area contributed by atoms with Crippen LogP contribution < -0.4 is 10.6 Å². The minimum Gasteiger partial charge on any atom is -0.360 e. The molecule has 2 aromatic carbocycles. The lowest BCUT2D eigenvalue weighted by molar-refractivity contribution is -0.134. The van der Waals surface area contributed by atoms with Crippen LogP contribution in [0.4, 0.5) is 0 Å². The van der Waals surface area contributed by atoms with Crippen LogP contribution in [0.5, 0.6) is 0 Å². The molecule has 6 rings (SSSR count). The lowest BCUT2D eigenvalue weighted by Gasteiger charge is -2.37. The van der Waals surface area contributed by atoms with Gasteiger partial charge in [-0.15, -0.1) is 0 Å². The van der Waals surface area contributed by atoms with Crippen LogP contribution in [0.2, 0.25) is 5.02 Å². The van der Waals surface area contributed by atoms with E-state index >= 15 is 0 Å². The Balaban J connectivity index is 1.15. The monoisotopic (exact) mass is 589 g/mol. The highest BCUT2D eigenvalue weighted by molar-refractivity contribution is 6.35. The van der Waals surface area contributed by atoms with Crippen molar-refractivity contribution in [2.24, 2.45) is 5.92 Å². The summed E-state index contributed by atoms with van der Waals surface area (Å²) < 4.78 is 0. The topological polar surface area (TPSA) is 97.5 Å². The van der Waals surface area contributed by atoms with Gasteiger partial charge in [0.1, 0.15) is 0 Å². The fraction of sp³-hybridized carbons (Fsp3) is 0.485. The Morgan fingerprint density at radius 2 is 1.62 bits per heavy atom. The number of H-pyrrole nitrogens is 1. The highest BCUT2D eigenvalue weighted by Crippen LogP contribution is 2.49. The van der Waals surface area contributed by atoms with Gasteiger partial charge in [-0.25, -0.2) is 0 Å². The summed E-state index contributed by atoms with van der Waals surface area (Å²) in [5.74, 6) is -0.579. The Morgan fingerprint density at radius 1 is 0.952 bits per heavy atom. The Labute approximate surface area is 252 Å². The van der Waals surface area contributed by atoms with E-state index in [0.717, 1.165) is 17.4 Å². The second-order valence-electron chi connectivity index (χ2n) is 12.6. The van der Waals surface area contributed by atoms with Gasteiger partial charge in [-0.3, -0.25) is 14.4 Å². The maximum absolute atomic E-state index is 13.4. The first-order valence-corrected chi connectivity index (χ1v) is 15.5. The summed E-state index contributed by atoms with van der Waals surface area (Å²) in [5.41, 5.74) is 3.44. The number of aromatic nitrogens is 1. The first-order valence-electron chi connectivity index (χ1n) is 15.1. The van der Waals surface area contributed by atoms with Gasteiger partial charge >= 0.3 is 0 Å². The van der Waals surface area contributed by atoms with Crippen LogP contribution >= 0.6 is 11.6 Å². The average Bonchev–Trinajstić information content (AvgIpc) is 3.41. The number of hydrogen-bond donors (Lipinski definition) is 3. The minimum absolute atomic E-state index is 0.0417. The molecule has 0 spiro atoms. The summed E-state index contributed by atoms with van der Waals surface area (Å²) in [5, 5.41) is 7.77. The third-order valence-electron chi connectivity index (χ3n) is 9.50. The van der Waals surface area contributed by atoms with Crippen LogP contribution in [-0.2, 0) is 10.2 Å². The number of nitrogens with one attached hydrogen (secondary N) is 3. The summed E-state index contributed by atoms with van der Waals surface area (Å²) in [6, 6.07) is 12.8. The number of benzene rings is 2. The standard InChI is InChI=1S/C33H40ClN5O3/c1-38(2)32(42)23-8-12-27(29(18-23)37-31(41)22-7-11-25-26(34)19-35-28(25)17-22)36-30(40)21-5-9-24(10-6-21)33(13-14-33)20-39-15-3-4-16-39/h5-7,9-11,17,19,23,27,29,35H,3-4,8,12-16,18,20H2,1-2H3,(H,36,40)(H,37,41). The van der Waals surface area contributed by atoms with Gasteiger partial charge in [0.05, 0.1) is 11.1 Å². The highest BCUT2D eigenvalue weighted by Gasteiger charge is 2.45. The molecule has 0 radical (unpaired) electrons. The Hall–Kier alpha value is -3.36. The van der Waals surface area contributed by atoms with Crippen molar-refractivity contribution in [3.63, 3.8) is 0 Å². The number of fused-ring (bicyclic) bond motifs is 1. The first kappa shape index (κ1) is 28.7. The van der Waals surface area contributed by atoms with Crippen LogP contribution in [0.15, 0.2) is 48.7 Å². The Morgan fingerprint density at radius 3 is 2.31 bits per heavy atom. The number of carbonyl (C=O) groups excluding carboxylic acids is 3. The first-order chi connectivity index (χ1) is 20.2. The quantitative estimate of drug-likeness (QED) is 0.354. The van der Waals surface area contributed by atoms with E-state index in [4.69, 9.17) is 11.6 Å². The zero-order valence-corrected chi connectivity index (χ0v) is 25.2. The molecule has 3 unspecified atom stereocenters. The summed E-state index contributed by atoms with van der Waals surface area (Å²) in [4.78, 5) is 46.9. The van der Waals surface area contributed by atoms with E-state index in [1.165, 1.54) is 44.3 Å². The molecule has 222 valence electrons. The smallest absolute Gasteiger partial charge is 0.251 e. The Bertz CT molecular complexity index is 1470. The van der Waals surface area contributed by atoms with Gasteiger partial charge in [-0.2, -0.15) is 0 Å². The molecule has 3 aliphatic rings. The van der Waals surface area contributed by atoms with Gasteiger partial charge in [-0.05, 0) is 87.9 Å².